The smallest absolute Gasteiger partial charge is 0.274 e. The van der Waals surface area contributed by atoms with Crippen LogP contribution in [0.5, 0.6) is 0 Å². The van der Waals surface area contributed by atoms with E-state index in [0.717, 1.165) is 0 Å². The van der Waals surface area contributed by atoms with E-state index in [1.54, 1.807) is 13.2 Å². The second-order valence-electron chi connectivity index (χ2n) is 3.95. The molecular weight excluding hydrogens is 230 g/mol. The predicted octanol–water partition coefficient (Wildman–Crippen LogP) is 1.28. The Hall–Kier alpha value is -2.16. The molecular formula is C12H17N5O. The van der Waals surface area contributed by atoms with Crippen LogP contribution < -0.4 is 5.32 Å². The largest absolute Gasteiger partial charge is 0.369 e. The van der Waals surface area contributed by atoms with Crippen LogP contribution in [0.15, 0.2) is 12.4 Å². The zero-order chi connectivity index (χ0) is 13.5. The van der Waals surface area contributed by atoms with Gasteiger partial charge in [-0.2, -0.15) is 5.26 Å². The molecule has 1 N–H and O–H groups in total. The van der Waals surface area contributed by atoms with Gasteiger partial charge in [0.25, 0.3) is 5.91 Å². The number of nitrogens with zero attached hydrogens (tertiary/aromatic N) is 4. The molecule has 1 unspecified atom stereocenters. The molecule has 0 bridgehead atoms. The molecule has 1 rings (SSSR count). The highest BCUT2D eigenvalue weighted by molar-refractivity contribution is 5.92. The van der Waals surface area contributed by atoms with Gasteiger partial charge in [-0.3, -0.25) is 9.78 Å². The Labute approximate surface area is 107 Å². The van der Waals surface area contributed by atoms with Gasteiger partial charge in [-0.15, -0.1) is 0 Å². The predicted molar refractivity (Wildman–Crippen MR) is 68.0 cm³/mol. The van der Waals surface area contributed by atoms with E-state index in [1.165, 1.54) is 11.1 Å². The van der Waals surface area contributed by atoms with Gasteiger partial charge in [-0.1, -0.05) is 0 Å². The first-order valence-electron chi connectivity index (χ1n) is 5.80. The van der Waals surface area contributed by atoms with Gasteiger partial charge in [0.05, 0.1) is 24.9 Å². The summed E-state index contributed by atoms with van der Waals surface area (Å²) < 4.78 is 0. The normalized spacial score (nSPS) is 11.4. The minimum absolute atomic E-state index is 0.146. The Balaban J connectivity index is 2.83. The molecule has 0 aromatic carbocycles. The van der Waals surface area contributed by atoms with Crippen LogP contribution in [0.25, 0.3) is 0 Å². The Morgan fingerprint density at radius 2 is 2.33 bits per heavy atom. The fourth-order valence-electron chi connectivity index (χ4n) is 1.39. The summed E-state index contributed by atoms with van der Waals surface area (Å²) in [6.07, 6.45) is 3.29. The summed E-state index contributed by atoms with van der Waals surface area (Å²) in [7, 11) is 1.66. The number of aromatic nitrogens is 2. The van der Waals surface area contributed by atoms with Crippen molar-refractivity contribution in [2.75, 3.05) is 18.9 Å². The lowest BCUT2D eigenvalue weighted by atomic mass is 10.2. The van der Waals surface area contributed by atoms with Crippen molar-refractivity contribution in [3.05, 3.63) is 18.1 Å². The van der Waals surface area contributed by atoms with Crippen molar-refractivity contribution < 1.29 is 4.79 Å². The van der Waals surface area contributed by atoms with Crippen molar-refractivity contribution in [3.8, 4) is 6.07 Å². The van der Waals surface area contributed by atoms with Crippen molar-refractivity contribution in [2.24, 2.45) is 0 Å². The van der Waals surface area contributed by atoms with E-state index in [2.05, 4.69) is 15.3 Å². The topological polar surface area (TPSA) is 81.9 Å². The Bertz CT molecular complexity index is 454. The van der Waals surface area contributed by atoms with Crippen LogP contribution in [0.4, 0.5) is 5.82 Å². The maximum Gasteiger partial charge on any atom is 0.274 e. The van der Waals surface area contributed by atoms with Gasteiger partial charge < -0.3 is 10.2 Å². The lowest BCUT2D eigenvalue weighted by molar-refractivity contribution is 0.0740. The third kappa shape index (κ3) is 3.42. The molecule has 1 heterocycles. The highest BCUT2D eigenvalue weighted by atomic mass is 16.2. The summed E-state index contributed by atoms with van der Waals surface area (Å²) in [5, 5.41) is 11.6. The van der Waals surface area contributed by atoms with E-state index >= 15 is 0 Å². The quantitative estimate of drug-likeness (QED) is 0.847. The fourth-order valence-corrected chi connectivity index (χ4v) is 1.39. The van der Waals surface area contributed by atoms with Gasteiger partial charge >= 0.3 is 0 Å². The van der Waals surface area contributed by atoms with Gasteiger partial charge in [0.1, 0.15) is 11.5 Å². The zero-order valence-corrected chi connectivity index (χ0v) is 10.8. The SMILES string of the molecule is CCNc1cncc(C(=O)N(C)C(C)CC#N)n1. The maximum atomic E-state index is 12.1. The summed E-state index contributed by atoms with van der Waals surface area (Å²) in [5.74, 6) is 0.342. The second kappa shape index (κ2) is 6.55. The molecule has 0 saturated heterocycles. The minimum Gasteiger partial charge on any atom is -0.369 e. The van der Waals surface area contributed by atoms with Gasteiger partial charge in [0.2, 0.25) is 0 Å². The van der Waals surface area contributed by atoms with Gasteiger partial charge in [-0.05, 0) is 13.8 Å². The molecule has 1 atom stereocenters. The average molecular weight is 247 g/mol. The van der Waals surface area contributed by atoms with Crippen molar-refractivity contribution >= 4 is 11.7 Å². The van der Waals surface area contributed by atoms with E-state index in [4.69, 9.17) is 5.26 Å². The summed E-state index contributed by atoms with van der Waals surface area (Å²) in [4.78, 5) is 21.8. The number of hydrogen-bond donors (Lipinski definition) is 1. The number of carbonyl (C=O) groups excluding carboxylic acids is 1. The summed E-state index contributed by atoms with van der Waals surface area (Å²) in [6.45, 7) is 4.48. The molecule has 0 aliphatic carbocycles. The third-order valence-corrected chi connectivity index (χ3v) is 2.58. The van der Waals surface area contributed by atoms with E-state index in [9.17, 15) is 4.79 Å². The Morgan fingerprint density at radius 3 is 2.94 bits per heavy atom. The first-order valence-corrected chi connectivity index (χ1v) is 5.80. The number of nitrogens with one attached hydrogen (secondary N) is 1. The number of amides is 1. The summed E-state index contributed by atoms with van der Waals surface area (Å²) in [5.41, 5.74) is 0.278. The number of carbonyl (C=O) groups is 1. The van der Waals surface area contributed by atoms with Gasteiger partial charge in [0.15, 0.2) is 0 Å². The molecule has 0 saturated carbocycles. The average Bonchev–Trinajstić information content (AvgIpc) is 2.38. The van der Waals surface area contributed by atoms with Crippen LogP contribution in [0, 0.1) is 11.3 Å². The van der Waals surface area contributed by atoms with E-state index in [-0.39, 0.29) is 17.6 Å². The zero-order valence-electron chi connectivity index (χ0n) is 10.8. The standard InChI is InChI=1S/C12H17N5O/c1-4-15-11-8-14-7-10(16-11)12(18)17(3)9(2)5-6-13/h7-9H,4-5H2,1-3H3,(H,15,16). The van der Waals surface area contributed by atoms with Crippen molar-refractivity contribution in [1.29, 1.82) is 5.26 Å². The molecule has 0 spiro atoms. The van der Waals surface area contributed by atoms with Crippen LogP contribution in [-0.4, -0.2) is 40.4 Å². The highest BCUT2D eigenvalue weighted by Crippen LogP contribution is 2.08. The van der Waals surface area contributed by atoms with Crippen LogP contribution in [0.3, 0.4) is 0 Å². The van der Waals surface area contributed by atoms with Crippen LogP contribution in [-0.2, 0) is 0 Å². The lowest BCUT2D eigenvalue weighted by Gasteiger charge is -2.22. The second-order valence-corrected chi connectivity index (χ2v) is 3.95. The molecule has 6 nitrogen and oxygen atoms in total. The number of nitriles is 1. The molecule has 0 radical (unpaired) electrons. The molecule has 6 heteroatoms. The van der Waals surface area contributed by atoms with Gasteiger partial charge in [-0.25, -0.2) is 4.98 Å². The molecule has 1 aromatic rings. The maximum absolute atomic E-state index is 12.1. The Kier molecular flexibility index (Phi) is 5.06. The first kappa shape index (κ1) is 13.9. The van der Waals surface area contributed by atoms with Crippen molar-refractivity contribution in [3.63, 3.8) is 0 Å². The number of rotatable bonds is 5. The third-order valence-electron chi connectivity index (χ3n) is 2.58. The van der Waals surface area contributed by atoms with Crippen molar-refractivity contribution in [1.82, 2.24) is 14.9 Å². The van der Waals surface area contributed by atoms with Gasteiger partial charge in [0, 0.05) is 19.6 Å². The summed E-state index contributed by atoms with van der Waals surface area (Å²) in [6, 6.07) is 1.90. The first-order chi connectivity index (χ1) is 8.60. The van der Waals surface area contributed by atoms with Crippen molar-refractivity contribution in [2.45, 2.75) is 26.3 Å². The fraction of sp³-hybridized carbons (Fsp3) is 0.500. The summed E-state index contributed by atoms with van der Waals surface area (Å²) >= 11 is 0. The monoisotopic (exact) mass is 247 g/mol. The number of hydrogen-bond acceptors (Lipinski definition) is 5. The van der Waals surface area contributed by atoms with Crippen LogP contribution >= 0.6 is 0 Å². The van der Waals surface area contributed by atoms with E-state index in [1.807, 2.05) is 19.9 Å². The molecule has 0 aliphatic heterocycles. The minimum atomic E-state index is -0.231. The Morgan fingerprint density at radius 1 is 1.61 bits per heavy atom. The highest BCUT2D eigenvalue weighted by Gasteiger charge is 2.18. The molecule has 1 amide bonds. The molecule has 0 fully saturated rings. The van der Waals surface area contributed by atoms with E-state index in [0.29, 0.717) is 18.8 Å². The number of anilines is 1. The van der Waals surface area contributed by atoms with Crippen LogP contribution in [0.1, 0.15) is 30.8 Å². The molecule has 1 aromatic heterocycles. The molecule has 0 aliphatic rings. The van der Waals surface area contributed by atoms with E-state index < -0.39 is 0 Å². The molecule has 18 heavy (non-hydrogen) atoms. The van der Waals surface area contributed by atoms with Crippen LogP contribution in [0.2, 0.25) is 0 Å². The lowest BCUT2D eigenvalue weighted by Crippen LogP contribution is -2.35. The molecule has 96 valence electrons.